The van der Waals surface area contributed by atoms with E-state index < -0.39 is 0 Å². The van der Waals surface area contributed by atoms with Crippen LogP contribution in [0.25, 0.3) is 0 Å². The zero-order valence-electron chi connectivity index (χ0n) is 10.9. The molecule has 1 aromatic heterocycles. The van der Waals surface area contributed by atoms with Gasteiger partial charge in [-0.1, -0.05) is 0 Å². The summed E-state index contributed by atoms with van der Waals surface area (Å²) in [6, 6.07) is 1.78. The van der Waals surface area contributed by atoms with Crippen LogP contribution < -0.4 is 11.1 Å². The van der Waals surface area contributed by atoms with E-state index in [2.05, 4.69) is 10.4 Å². The summed E-state index contributed by atoms with van der Waals surface area (Å²) in [6.45, 7) is 3.61. The molecular weight excluding hydrogens is 232 g/mol. The Morgan fingerprint density at radius 1 is 1.61 bits per heavy atom. The lowest BCUT2D eigenvalue weighted by Gasteiger charge is -2.36. The second-order valence-electron chi connectivity index (χ2n) is 4.85. The highest BCUT2D eigenvalue weighted by Crippen LogP contribution is 2.20. The van der Waals surface area contributed by atoms with Crippen LogP contribution in [0.5, 0.6) is 0 Å². The average molecular weight is 252 g/mol. The smallest absolute Gasteiger partial charge is 0.272 e. The Hall–Kier alpha value is -1.40. The molecule has 0 atom stereocenters. The predicted molar refractivity (Wildman–Crippen MR) is 67.2 cm³/mol. The highest BCUT2D eigenvalue weighted by molar-refractivity contribution is 5.92. The number of nitrogens with two attached hydrogens (primary N) is 1. The van der Waals surface area contributed by atoms with Gasteiger partial charge < -0.3 is 15.8 Å². The van der Waals surface area contributed by atoms with Gasteiger partial charge in [-0.2, -0.15) is 5.10 Å². The monoisotopic (exact) mass is 252 g/mol. The number of carbonyl (C=O) groups excluding carboxylic acids is 1. The summed E-state index contributed by atoms with van der Waals surface area (Å²) in [5.74, 6) is -0.161. The molecule has 2 rings (SSSR count). The third kappa shape index (κ3) is 2.54. The van der Waals surface area contributed by atoms with E-state index in [1.54, 1.807) is 10.7 Å². The van der Waals surface area contributed by atoms with E-state index in [0.29, 0.717) is 25.5 Å². The standard InChI is InChI=1S/C12H20N4O2/c1-9-7-10(15-16(9)2)11(17)14-12(8-13)3-5-18-6-4-12/h7H,3-6,8,13H2,1-2H3,(H,14,17). The Balaban J connectivity index is 2.09. The van der Waals surface area contributed by atoms with Crippen LogP contribution in [0.2, 0.25) is 0 Å². The van der Waals surface area contributed by atoms with Gasteiger partial charge in [0.1, 0.15) is 5.69 Å². The van der Waals surface area contributed by atoms with Crippen LogP contribution in [0.1, 0.15) is 29.0 Å². The summed E-state index contributed by atoms with van der Waals surface area (Å²) < 4.78 is 7.00. The largest absolute Gasteiger partial charge is 0.381 e. The molecular formula is C12H20N4O2. The molecule has 0 bridgehead atoms. The van der Waals surface area contributed by atoms with Gasteiger partial charge in [-0.15, -0.1) is 0 Å². The fourth-order valence-corrected chi connectivity index (χ4v) is 2.12. The molecule has 0 radical (unpaired) electrons. The Kier molecular flexibility index (Phi) is 3.68. The minimum atomic E-state index is -0.346. The molecule has 0 aromatic carbocycles. The second-order valence-corrected chi connectivity index (χ2v) is 4.85. The Bertz CT molecular complexity index is 416. The number of hydrogen-bond donors (Lipinski definition) is 2. The van der Waals surface area contributed by atoms with Gasteiger partial charge >= 0.3 is 0 Å². The SMILES string of the molecule is Cc1cc(C(=O)NC2(CN)CCOCC2)nn1C. The van der Waals surface area contributed by atoms with Crippen LogP contribution in [0.15, 0.2) is 6.07 Å². The molecule has 1 aliphatic heterocycles. The zero-order chi connectivity index (χ0) is 13.2. The topological polar surface area (TPSA) is 82.2 Å². The van der Waals surface area contributed by atoms with Crippen LogP contribution in [0.3, 0.4) is 0 Å². The number of nitrogens with one attached hydrogen (secondary N) is 1. The van der Waals surface area contributed by atoms with Crippen LogP contribution in [0.4, 0.5) is 0 Å². The van der Waals surface area contributed by atoms with Gasteiger partial charge in [-0.3, -0.25) is 9.48 Å². The van der Waals surface area contributed by atoms with Gasteiger partial charge in [0, 0.05) is 32.5 Å². The number of aryl methyl sites for hydroxylation is 2. The molecule has 0 aliphatic carbocycles. The number of amides is 1. The first kappa shape index (κ1) is 13.0. The summed E-state index contributed by atoms with van der Waals surface area (Å²) in [5.41, 5.74) is 6.85. The van der Waals surface area contributed by atoms with E-state index >= 15 is 0 Å². The molecule has 1 amide bonds. The molecule has 0 saturated carbocycles. The molecule has 1 fully saturated rings. The van der Waals surface area contributed by atoms with Gasteiger partial charge in [0.25, 0.3) is 5.91 Å². The number of hydrogen-bond acceptors (Lipinski definition) is 4. The van der Waals surface area contributed by atoms with Gasteiger partial charge in [0.05, 0.1) is 5.54 Å². The van der Waals surface area contributed by atoms with Crippen molar-refractivity contribution in [2.75, 3.05) is 19.8 Å². The number of aromatic nitrogens is 2. The summed E-state index contributed by atoms with van der Waals surface area (Å²) in [4.78, 5) is 12.2. The first-order chi connectivity index (χ1) is 8.56. The maximum absolute atomic E-state index is 12.2. The summed E-state index contributed by atoms with van der Waals surface area (Å²) in [6.07, 6.45) is 1.50. The van der Waals surface area contributed by atoms with Crippen molar-refractivity contribution >= 4 is 5.91 Å². The molecule has 100 valence electrons. The van der Waals surface area contributed by atoms with E-state index in [0.717, 1.165) is 18.5 Å². The van der Waals surface area contributed by atoms with E-state index in [9.17, 15) is 4.79 Å². The van der Waals surface area contributed by atoms with Crippen molar-refractivity contribution in [3.63, 3.8) is 0 Å². The molecule has 1 aliphatic rings. The minimum Gasteiger partial charge on any atom is -0.381 e. The highest BCUT2D eigenvalue weighted by Gasteiger charge is 2.33. The maximum Gasteiger partial charge on any atom is 0.272 e. The molecule has 0 unspecified atom stereocenters. The molecule has 6 nitrogen and oxygen atoms in total. The Labute approximate surface area is 106 Å². The average Bonchev–Trinajstić information content (AvgIpc) is 2.71. The van der Waals surface area contributed by atoms with E-state index in [-0.39, 0.29) is 11.4 Å². The van der Waals surface area contributed by atoms with E-state index in [4.69, 9.17) is 10.5 Å². The lowest BCUT2D eigenvalue weighted by molar-refractivity contribution is 0.0387. The van der Waals surface area contributed by atoms with Gasteiger partial charge in [-0.25, -0.2) is 0 Å². The summed E-state index contributed by atoms with van der Waals surface area (Å²) >= 11 is 0. The van der Waals surface area contributed by atoms with Crippen LogP contribution >= 0.6 is 0 Å². The maximum atomic E-state index is 12.2. The fraction of sp³-hybridized carbons (Fsp3) is 0.667. The van der Waals surface area contributed by atoms with E-state index in [1.807, 2.05) is 14.0 Å². The lowest BCUT2D eigenvalue weighted by Crippen LogP contribution is -2.56. The predicted octanol–water partition coefficient (Wildman–Crippen LogP) is -0.0338. The molecule has 1 aromatic rings. The Morgan fingerprint density at radius 3 is 2.78 bits per heavy atom. The molecule has 1 saturated heterocycles. The van der Waals surface area contributed by atoms with Crippen LogP contribution in [0, 0.1) is 6.92 Å². The summed E-state index contributed by atoms with van der Waals surface area (Å²) in [7, 11) is 1.82. The normalized spacial score (nSPS) is 18.6. The van der Waals surface area contributed by atoms with Crippen molar-refractivity contribution in [3.8, 4) is 0 Å². The summed E-state index contributed by atoms with van der Waals surface area (Å²) in [5, 5.41) is 7.19. The van der Waals surface area contributed by atoms with E-state index in [1.165, 1.54) is 0 Å². The number of carbonyl (C=O) groups is 1. The van der Waals surface area contributed by atoms with Crippen molar-refractivity contribution in [2.45, 2.75) is 25.3 Å². The van der Waals surface area contributed by atoms with Crippen LogP contribution in [-0.2, 0) is 11.8 Å². The zero-order valence-corrected chi connectivity index (χ0v) is 10.9. The highest BCUT2D eigenvalue weighted by atomic mass is 16.5. The molecule has 0 spiro atoms. The third-order valence-electron chi connectivity index (χ3n) is 3.57. The van der Waals surface area contributed by atoms with Gasteiger partial charge in [0.2, 0.25) is 0 Å². The van der Waals surface area contributed by atoms with Crippen molar-refractivity contribution in [1.82, 2.24) is 15.1 Å². The quantitative estimate of drug-likeness (QED) is 0.791. The lowest BCUT2D eigenvalue weighted by atomic mass is 9.90. The Morgan fingerprint density at radius 2 is 2.28 bits per heavy atom. The van der Waals surface area contributed by atoms with Gasteiger partial charge in [0.15, 0.2) is 0 Å². The first-order valence-corrected chi connectivity index (χ1v) is 6.17. The number of rotatable bonds is 3. The van der Waals surface area contributed by atoms with Crippen LogP contribution in [-0.4, -0.2) is 41.0 Å². The van der Waals surface area contributed by atoms with Crippen molar-refractivity contribution in [2.24, 2.45) is 12.8 Å². The molecule has 18 heavy (non-hydrogen) atoms. The van der Waals surface area contributed by atoms with Crippen molar-refractivity contribution in [1.29, 1.82) is 0 Å². The first-order valence-electron chi connectivity index (χ1n) is 6.17. The van der Waals surface area contributed by atoms with Gasteiger partial charge in [-0.05, 0) is 25.8 Å². The second kappa shape index (κ2) is 5.07. The molecule has 6 heteroatoms. The molecule has 2 heterocycles. The minimum absolute atomic E-state index is 0.161. The fourth-order valence-electron chi connectivity index (χ4n) is 2.12. The number of ether oxygens (including phenoxy) is 1. The third-order valence-corrected chi connectivity index (χ3v) is 3.57. The van der Waals surface area contributed by atoms with Crippen molar-refractivity contribution < 1.29 is 9.53 Å². The molecule has 3 N–H and O–H groups in total. The van der Waals surface area contributed by atoms with Crippen molar-refractivity contribution in [3.05, 3.63) is 17.5 Å². The number of nitrogens with zero attached hydrogens (tertiary/aromatic N) is 2.